The highest BCUT2D eigenvalue weighted by Gasteiger charge is 2.32. The number of benzene rings is 2. The Balaban J connectivity index is 2.01. The monoisotopic (exact) mass is 437 g/mol. The van der Waals surface area contributed by atoms with Gasteiger partial charge in [-0.25, -0.2) is 4.79 Å². The topological polar surface area (TPSA) is 102 Å². The standard InChI is InChI=1S/C20H18F3N3O5/c1-31-19(28)13-8-12(9-15(10-13)26(29)30)18(27)24-16-11-14(20(21,22)23)4-5-17(16)25-6-2-3-7-25/h4-5,8-11H,2-3,6-7H2,1H3,(H,24,27). The molecular weight excluding hydrogens is 419 g/mol. The van der Waals surface area contributed by atoms with Crippen LogP contribution in [0.3, 0.4) is 0 Å². The number of nitro benzene ring substituents is 1. The normalized spacial score (nSPS) is 13.7. The number of nitrogens with zero attached hydrogens (tertiary/aromatic N) is 2. The summed E-state index contributed by atoms with van der Waals surface area (Å²) in [5, 5.41) is 13.6. The minimum Gasteiger partial charge on any atom is -0.465 e. The van der Waals surface area contributed by atoms with Gasteiger partial charge in [-0.1, -0.05) is 0 Å². The van der Waals surface area contributed by atoms with Crippen molar-refractivity contribution in [2.45, 2.75) is 19.0 Å². The Kier molecular flexibility index (Phi) is 6.14. The molecule has 164 valence electrons. The number of carbonyl (C=O) groups excluding carboxylic acids is 2. The third kappa shape index (κ3) is 4.93. The first kappa shape index (κ1) is 22.1. The van der Waals surface area contributed by atoms with Gasteiger partial charge in [0.05, 0.1) is 34.5 Å². The van der Waals surface area contributed by atoms with E-state index in [0.29, 0.717) is 18.8 Å². The molecule has 1 fully saturated rings. The average Bonchev–Trinajstić information content (AvgIpc) is 3.26. The number of halogens is 3. The van der Waals surface area contributed by atoms with Gasteiger partial charge in [0.15, 0.2) is 0 Å². The second-order valence-electron chi connectivity index (χ2n) is 6.90. The van der Waals surface area contributed by atoms with Gasteiger partial charge in [0.25, 0.3) is 11.6 Å². The van der Waals surface area contributed by atoms with Gasteiger partial charge in [-0.05, 0) is 37.1 Å². The number of ether oxygens (including phenoxy) is 1. The van der Waals surface area contributed by atoms with Gasteiger partial charge in [-0.2, -0.15) is 13.2 Å². The SMILES string of the molecule is COC(=O)c1cc(C(=O)Nc2cc(C(F)(F)F)ccc2N2CCCC2)cc([N+](=O)[O-])c1. The lowest BCUT2D eigenvalue weighted by Gasteiger charge is -2.23. The maximum absolute atomic E-state index is 13.2. The van der Waals surface area contributed by atoms with Crippen LogP contribution in [0.15, 0.2) is 36.4 Å². The molecule has 1 saturated heterocycles. The lowest BCUT2D eigenvalue weighted by atomic mass is 10.1. The first-order valence-corrected chi connectivity index (χ1v) is 9.25. The van der Waals surface area contributed by atoms with Crippen LogP contribution in [-0.4, -0.2) is 37.0 Å². The van der Waals surface area contributed by atoms with E-state index < -0.39 is 34.2 Å². The number of methoxy groups -OCH3 is 1. The minimum atomic E-state index is -4.62. The van der Waals surface area contributed by atoms with Crippen LogP contribution in [0.25, 0.3) is 0 Å². The number of carbonyl (C=O) groups is 2. The van der Waals surface area contributed by atoms with Gasteiger partial charge in [0.1, 0.15) is 0 Å². The first-order valence-electron chi connectivity index (χ1n) is 9.25. The molecule has 1 N–H and O–H groups in total. The van der Waals surface area contributed by atoms with E-state index in [4.69, 9.17) is 0 Å². The second-order valence-corrected chi connectivity index (χ2v) is 6.90. The van der Waals surface area contributed by atoms with Crippen molar-refractivity contribution in [1.29, 1.82) is 0 Å². The van der Waals surface area contributed by atoms with Crippen molar-refractivity contribution in [1.82, 2.24) is 0 Å². The fourth-order valence-corrected chi connectivity index (χ4v) is 3.32. The molecule has 1 amide bonds. The Hall–Kier alpha value is -3.63. The fourth-order valence-electron chi connectivity index (χ4n) is 3.32. The van der Waals surface area contributed by atoms with Crippen molar-refractivity contribution in [3.8, 4) is 0 Å². The van der Waals surface area contributed by atoms with E-state index in [1.54, 1.807) is 0 Å². The molecule has 0 spiro atoms. The van der Waals surface area contributed by atoms with Crippen molar-refractivity contribution < 1.29 is 32.4 Å². The van der Waals surface area contributed by atoms with Gasteiger partial charge in [-0.15, -0.1) is 0 Å². The van der Waals surface area contributed by atoms with E-state index in [9.17, 15) is 32.9 Å². The van der Waals surface area contributed by atoms with Crippen molar-refractivity contribution in [3.05, 3.63) is 63.2 Å². The molecule has 0 radical (unpaired) electrons. The molecule has 11 heteroatoms. The van der Waals surface area contributed by atoms with Crippen LogP contribution in [-0.2, 0) is 10.9 Å². The highest BCUT2D eigenvalue weighted by molar-refractivity contribution is 6.07. The number of nitrogens with one attached hydrogen (secondary N) is 1. The summed E-state index contributed by atoms with van der Waals surface area (Å²) in [6, 6.07) is 6.01. The number of nitro groups is 1. The molecule has 0 saturated carbocycles. The van der Waals surface area contributed by atoms with Crippen LogP contribution in [0.2, 0.25) is 0 Å². The van der Waals surface area contributed by atoms with E-state index in [1.807, 2.05) is 4.90 Å². The van der Waals surface area contributed by atoms with E-state index in [-0.39, 0.29) is 16.8 Å². The summed E-state index contributed by atoms with van der Waals surface area (Å²) in [7, 11) is 1.08. The molecule has 2 aromatic rings. The quantitative estimate of drug-likeness (QED) is 0.426. The number of hydrogen-bond acceptors (Lipinski definition) is 6. The summed E-state index contributed by atoms with van der Waals surface area (Å²) in [5.41, 5.74) is -1.63. The summed E-state index contributed by atoms with van der Waals surface area (Å²) in [4.78, 5) is 36.8. The summed E-state index contributed by atoms with van der Waals surface area (Å²) in [6.45, 7) is 1.25. The number of rotatable bonds is 5. The molecule has 2 aromatic carbocycles. The van der Waals surface area contributed by atoms with Crippen molar-refractivity contribution >= 4 is 28.9 Å². The van der Waals surface area contributed by atoms with Gasteiger partial charge in [-0.3, -0.25) is 14.9 Å². The molecular formula is C20H18F3N3O5. The smallest absolute Gasteiger partial charge is 0.416 e. The Morgan fingerprint density at radius 2 is 1.74 bits per heavy atom. The van der Waals surface area contributed by atoms with Gasteiger partial charge >= 0.3 is 12.1 Å². The fraction of sp³-hybridized carbons (Fsp3) is 0.300. The van der Waals surface area contributed by atoms with Gasteiger partial charge in [0, 0.05) is 30.8 Å². The summed E-state index contributed by atoms with van der Waals surface area (Å²) >= 11 is 0. The summed E-state index contributed by atoms with van der Waals surface area (Å²) in [5.74, 6) is -1.79. The first-order chi connectivity index (χ1) is 14.6. The van der Waals surface area contributed by atoms with E-state index >= 15 is 0 Å². The van der Waals surface area contributed by atoms with Crippen molar-refractivity contribution in [2.24, 2.45) is 0 Å². The zero-order valence-electron chi connectivity index (χ0n) is 16.4. The summed E-state index contributed by atoms with van der Waals surface area (Å²) in [6.07, 6.45) is -2.89. The molecule has 31 heavy (non-hydrogen) atoms. The highest BCUT2D eigenvalue weighted by Crippen LogP contribution is 2.36. The number of anilines is 2. The molecule has 1 aliphatic rings. The van der Waals surface area contributed by atoms with Crippen molar-refractivity contribution in [3.63, 3.8) is 0 Å². The number of hydrogen-bond donors (Lipinski definition) is 1. The zero-order valence-corrected chi connectivity index (χ0v) is 16.4. The lowest BCUT2D eigenvalue weighted by Crippen LogP contribution is -2.22. The van der Waals surface area contributed by atoms with E-state index in [2.05, 4.69) is 10.1 Å². The highest BCUT2D eigenvalue weighted by atomic mass is 19.4. The molecule has 1 heterocycles. The molecule has 0 atom stereocenters. The number of alkyl halides is 3. The predicted octanol–water partition coefficient (Wildman–Crippen LogP) is 4.25. The molecule has 1 aliphatic heterocycles. The van der Waals surface area contributed by atoms with Gasteiger partial charge in [0.2, 0.25) is 0 Å². The molecule has 3 rings (SSSR count). The maximum atomic E-state index is 13.2. The molecule has 0 aromatic heterocycles. The Morgan fingerprint density at radius 3 is 2.32 bits per heavy atom. The average molecular weight is 437 g/mol. The summed E-state index contributed by atoms with van der Waals surface area (Å²) < 4.78 is 44.2. The molecule has 8 nitrogen and oxygen atoms in total. The van der Waals surface area contributed by atoms with E-state index in [0.717, 1.165) is 50.3 Å². The van der Waals surface area contributed by atoms with Crippen LogP contribution < -0.4 is 10.2 Å². The Labute approximate surface area is 174 Å². The Bertz CT molecular complexity index is 1030. The Morgan fingerprint density at radius 1 is 1.10 bits per heavy atom. The van der Waals surface area contributed by atoms with Gasteiger partial charge < -0.3 is 15.0 Å². The lowest BCUT2D eigenvalue weighted by molar-refractivity contribution is -0.384. The number of esters is 1. The van der Waals surface area contributed by atoms with Crippen LogP contribution in [0.5, 0.6) is 0 Å². The van der Waals surface area contributed by atoms with E-state index in [1.165, 1.54) is 6.07 Å². The molecule has 0 bridgehead atoms. The number of non-ortho nitro benzene ring substituents is 1. The second kappa shape index (κ2) is 8.62. The van der Waals surface area contributed by atoms with Crippen LogP contribution >= 0.6 is 0 Å². The van der Waals surface area contributed by atoms with Crippen molar-refractivity contribution in [2.75, 3.05) is 30.4 Å². The largest absolute Gasteiger partial charge is 0.465 e. The molecule has 0 aliphatic carbocycles. The van der Waals surface area contributed by atoms with Crippen LogP contribution in [0.1, 0.15) is 39.1 Å². The molecule has 0 unspecified atom stereocenters. The zero-order chi connectivity index (χ0) is 22.8. The number of amides is 1. The van der Waals surface area contributed by atoms with Crippen LogP contribution in [0, 0.1) is 10.1 Å². The van der Waals surface area contributed by atoms with Crippen LogP contribution in [0.4, 0.5) is 30.2 Å². The predicted molar refractivity (Wildman–Crippen MR) is 105 cm³/mol. The maximum Gasteiger partial charge on any atom is 0.416 e. The third-order valence-corrected chi connectivity index (χ3v) is 4.83. The minimum absolute atomic E-state index is 0.0761. The third-order valence-electron chi connectivity index (χ3n) is 4.83.